The highest BCUT2D eigenvalue weighted by Gasteiger charge is 2.41. The Labute approximate surface area is 238 Å². The first-order valence-electron chi connectivity index (χ1n) is 13.2. The fourth-order valence-electron chi connectivity index (χ4n) is 6.48. The van der Waals surface area contributed by atoms with Crippen LogP contribution in [0.4, 0.5) is 0 Å². The van der Waals surface area contributed by atoms with Crippen LogP contribution in [0.25, 0.3) is 34.4 Å². The molecule has 0 fully saturated rings. The van der Waals surface area contributed by atoms with Crippen molar-refractivity contribution in [3.63, 3.8) is 0 Å². The molecule has 2 aliphatic rings. The normalized spacial score (nSPS) is 14.3. The SMILES string of the molecule is CC[Si](CC)(C1=Cc2c(cccc2-c2ccc(Br)cc2)C1)C1=Cc2c(cccc2-c2ccc(Br)cc2)C1. The molecule has 0 amide bonds. The van der Waals surface area contributed by atoms with Crippen molar-refractivity contribution in [3.05, 3.63) is 127 Å². The van der Waals surface area contributed by atoms with Crippen LogP contribution >= 0.6 is 31.9 Å². The molecule has 37 heavy (non-hydrogen) atoms. The fraction of sp³-hybridized carbons (Fsp3) is 0.176. The molecular formula is C34H30Br2Si. The molecule has 0 saturated heterocycles. The van der Waals surface area contributed by atoms with E-state index in [4.69, 9.17) is 0 Å². The van der Waals surface area contributed by atoms with Gasteiger partial charge in [0.1, 0.15) is 8.07 Å². The van der Waals surface area contributed by atoms with Crippen molar-refractivity contribution in [3.8, 4) is 22.3 Å². The number of hydrogen-bond acceptors (Lipinski definition) is 0. The molecule has 184 valence electrons. The van der Waals surface area contributed by atoms with Crippen LogP contribution in [0.2, 0.25) is 12.1 Å². The van der Waals surface area contributed by atoms with Gasteiger partial charge in [-0.05, 0) is 81.6 Å². The zero-order valence-corrected chi connectivity index (χ0v) is 25.5. The molecule has 0 aromatic heterocycles. The predicted octanol–water partition coefficient (Wildman–Crippen LogP) is 10.7. The maximum Gasteiger partial charge on any atom is 0.109 e. The van der Waals surface area contributed by atoms with Gasteiger partial charge in [0.15, 0.2) is 0 Å². The lowest BCUT2D eigenvalue weighted by atomic mass is 9.97. The number of halogens is 2. The summed E-state index contributed by atoms with van der Waals surface area (Å²) in [4.78, 5) is 0. The van der Waals surface area contributed by atoms with E-state index < -0.39 is 8.07 Å². The van der Waals surface area contributed by atoms with E-state index in [0.717, 1.165) is 21.8 Å². The highest BCUT2D eigenvalue weighted by molar-refractivity contribution is 9.10. The lowest BCUT2D eigenvalue weighted by molar-refractivity contribution is 1.15. The van der Waals surface area contributed by atoms with Crippen LogP contribution in [-0.2, 0) is 12.8 Å². The smallest absolute Gasteiger partial charge is 0.0709 e. The summed E-state index contributed by atoms with van der Waals surface area (Å²) in [6.45, 7) is 4.88. The molecule has 0 N–H and O–H groups in total. The molecule has 0 atom stereocenters. The molecule has 0 unspecified atom stereocenters. The second kappa shape index (κ2) is 10.0. The molecule has 0 saturated carbocycles. The summed E-state index contributed by atoms with van der Waals surface area (Å²) in [7, 11) is -1.83. The van der Waals surface area contributed by atoms with Gasteiger partial charge in [-0.2, -0.15) is 0 Å². The van der Waals surface area contributed by atoms with Crippen LogP contribution in [0.15, 0.2) is 104 Å². The molecule has 0 heterocycles. The maximum atomic E-state index is 3.59. The summed E-state index contributed by atoms with van der Waals surface area (Å²) >= 11 is 7.19. The molecule has 4 aromatic carbocycles. The van der Waals surface area contributed by atoms with E-state index in [2.05, 4.69) is 143 Å². The zero-order valence-electron chi connectivity index (χ0n) is 21.3. The minimum absolute atomic E-state index is 1.10. The topological polar surface area (TPSA) is 0 Å². The fourth-order valence-corrected chi connectivity index (χ4v) is 11.6. The Kier molecular flexibility index (Phi) is 6.73. The molecule has 0 spiro atoms. The highest BCUT2D eigenvalue weighted by atomic mass is 79.9. The minimum Gasteiger partial charge on any atom is -0.0709 e. The Bertz CT molecular complexity index is 1420. The second-order valence-electron chi connectivity index (χ2n) is 10.3. The molecule has 0 aliphatic heterocycles. The average Bonchev–Trinajstić information content (AvgIpc) is 3.56. The van der Waals surface area contributed by atoms with E-state index >= 15 is 0 Å². The van der Waals surface area contributed by atoms with Gasteiger partial charge in [0.25, 0.3) is 0 Å². The molecule has 0 radical (unpaired) electrons. The first-order valence-corrected chi connectivity index (χ1v) is 17.2. The lowest BCUT2D eigenvalue weighted by Crippen LogP contribution is -2.39. The van der Waals surface area contributed by atoms with E-state index in [1.54, 1.807) is 10.4 Å². The minimum atomic E-state index is -1.83. The standard InChI is InChI=1S/C34H30Br2Si/c1-3-37(4-2,29-19-25-7-5-9-31(33(25)21-29)23-11-15-27(35)16-12-23)30-20-26-8-6-10-32(34(26)22-30)24-13-17-28(36)18-14-24/h5-18,21-22H,3-4,19-20H2,1-2H3. The van der Waals surface area contributed by atoms with Crippen LogP contribution < -0.4 is 0 Å². The van der Waals surface area contributed by atoms with E-state index in [9.17, 15) is 0 Å². The third kappa shape index (κ3) is 4.35. The Hall–Kier alpha value is -2.46. The van der Waals surface area contributed by atoms with Crippen LogP contribution in [0.3, 0.4) is 0 Å². The zero-order chi connectivity index (χ0) is 25.6. The molecule has 6 rings (SSSR count). The molecule has 3 heteroatoms. The van der Waals surface area contributed by atoms with Gasteiger partial charge in [-0.1, -0.05) is 141 Å². The number of rotatable bonds is 6. The summed E-state index contributed by atoms with van der Waals surface area (Å²) in [5.41, 5.74) is 11.2. The van der Waals surface area contributed by atoms with Crippen molar-refractivity contribution in [2.75, 3.05) is 0 Å². The van der Waals surface area contributed by atoms with Crippen molar-refractivity contribution >= 4 is 52.1 Å². The number of benzene rings is 4. The highest BCUT2D eigenvalue weighted by Crippen LogP contribution is 2.46. The van der Waals surface area contributed by atoms with Gasteiger partial charge in [-0.3, -0.25) is 0 Å². The van der Waals surface area contributed by atoms with Gasteiger partial charge in [-0.15, -0.1) is 0 Å². The van der Waals surface area contributed by atoms with E-state index in [1.165, 1.54) is 56.6 Å². The Morgan fingerprint density at radius 1 is 0.568 bits per heavy atom. The Morgan fingerprint density at radius 2 is 0.973 bits per heavy atom. The third-order valence-electron chi connectivity index (χ3n) is 8.54. The Morgan fingerprint density at radius 3 is 1.35 bits per heavy atom. The van der Waals surface area contributed by atoms with Crippen molar-refractivity contribution in [2.45, 2.75) is 38.8 Å². The average molecular weight is 627 g/mol. The maximum absolute atomic E-state index is 3.59. The van der Waals surface area contributed by atoms with Crippen LogP contribution in [0.1, 0.15) is 36.1 Å². The molecule has 0 bridgehead atoms. The third-order valence-corrected chi connectivity index (χ3v) is 15.1. The van der Waals surface area contributed by atoms with Crippen molar-refractivity contribution < 1.29 is 0 Å². The summed E-state index contributed by atoms with van der Waals surface area (Å²) in [5, 5.41) is 3.42. The predicted molar refractivity (Wildman–Crippen MR) is 169 cm³/mol. The quantitative estimate of drug-likeness (QED) is 0.187. The summed E-state index contributed by atoms with van der Waals surface area (Å²) in [5.74, 6) is 0. The molecule has 4 aromatic rings. The first-order chi connectivity index (χ1) is 18.0. The summed E-state index contributed by atoms with van der Waals surface area (Å²) in [6, 6.07) is 33.8. The number of allylic oxidation sites excluding steroid dienone is 2. The first kappa shape index (κ1) is 24.8. The Balaban J connectivity index is 1.42. The second-order valence-corrected chi connectivity index (χ2v) is 16.9. The number of fused-ring (bicyclic) bond motifs is 2. The van der Waals surface area contributed by atoms with Crippen molar-refractivity contribution in [2.24, 2.45) is 0 Å². The molecule has 2 aliphatic carbocycles. The van der Waals surface area contributed by atoms with Gasteiger partial charge < -0.3 is 0 Å². The van der Waals surface area contributed by atoms with Crippen molar-refractivity contribution in [1.29, 1.82) is 0 Å². The number of hydrogen-bond donors (Lipinski definition) is 0. The van der Waals surface area contributed by atoms with Crippen molar-refractivity contribution in [1.82, 2.24) is 0 Å². The van der Waals surface area contributed by atoms with E-state index in [-0.39, 0.29) is 0 Å². The summed E-state index contributed by atoms with van der Waals surface area (Å²) in [6.07, 6.45) is 7.37. The van der Waals surface area contributed by atoms with Gasteiger partial charge in [-0.25, -0.2) is 0 Å². The van der Waals surface area contributed by atoms with Gasteiger partial charge >= 0.3 is 0 Å². The molecule has 0 nitrogen and oxygen atoms in total. The van der Waals surface area contributed by atoms with E-state index in [0.29, 0.717) is 0 Å². The van der Waals surface area contributed by atoms with Crippen LogP contribution in [0, 0.1) is 0 Å². The van der Waals surface area contributed by atoms with Gasteiger partial charge in [0, 0.05) is 8.95 Å². The van der Waals surface area contributed by atoms with Crippen LogP contribution in [-0.4, -0.2) is 8.07 Å². The summed E-state index contributed by atoms with van der Waals surface area (Å²) < 4.78 is 2.25. The van der Waals surface area contributed by atoms with Crippen LogP contribution in [0.5, 0.6) is 0 Å². The lowest BCUT2D eigenvalue weighted by Gasteiger charge is -2.33. The molecular weight excluding hydrogens is 596 g/mol. The van der Waals surface area contributed by atoms with Gasteiger partial charge in [0.05, 0.1) is 0 Å². The largest absolute Gasteiger partial charge is 0.109 e. The monoisotopic (exact) mass is 624 g/mol. The van der Waals surface area contributed by atoms with E-state index in [1.807, 2.05) is 0 Å². The van der Waals surface area contributed by atoms with Gasteiger partial charge in [0.2, 0.25) is 0 Å².